The van der Waals surface area contributed by atoms with E-state index in [0.29, 0.717) is 6.61 Å². The minimum Gasteiger partial charge on any atom is -0.414 e. The molecule has 5 heteroatoms. The van der Waals surface area contributed by atoms with Gasteiger partial charge in [-0.05, 0) is 55.5 Å². The van der Waals surface area contributed by atoms with Crippen LogP contribution in [0.5, 0.6) is 0 Å². The normalized spacial score (nSPS) is 16.3. The van der Waals surface area contributed by atoms with Crippen LogP contribution in [0.2, 0.25) is 36.3 Å². The summed E-state index contributed by atoms with van der Waals surface area (Å²) in [5.41, 5.74) is 0. The summed E-state index contributed by atoms with van der Waals surface area (Å²) in [4.78, 5) is 0. The molecule has 2 nitrogen and oxygen atoms in total. The van der Waals surface area contributed by atoms with Gasteiger partial charge in [0.05, 0.1) is 18.1 Å². The van der Waals surface area contributed by atoms with Gasteiger partial charge < -0.3 is 8.85 Å². The molecule has 0 aromatic heterocycles. The van der Waals surface area contributed by atoms with Crippen LogP contribution >= 0.6 is 11.6 Å². The number of halogens is 1. The van der Waals surface area contributed by atoms with Gasteiger partial charge in [-0.2, -0.15) is 0 Å². The number of unbranched alkanes of at least 4 members (excludes halogenated alkanes) is 3. The van der Waals surface area contributed by atoms with E-state index in [0.717, 1.165) is 19.3 Å². The van der Waals surface area contributed by atoms with Gasteiger partial charge in [0.15, 0.2) is 16.6 Å². The molecule has 0 saturated carbocycles. The smallest absolute Gasteiger partial charge is 0.192 e. The Bertz CT molecular complexity index is 437. The summed E-state index contributed by atoms with van der Waals surface area (Å²) >= 11 is 6.87. The van der Waals surface area contributed by atoms with Crippen molar-refractivity contribution in [3.05, 3.63) is 12.7 Å². The van der Waals surface area contributed by atoms with Crippen LogP contribution in [-0.2, 0) is 8.85 Å². The average molecular weight is 435 g/mol. The SMILES string of the molecule is C=CCCCCC[C@H](Cl)[C@@H](CO[Si](C)(C)C(C)(C)C)O[Si](C)(C)C(C)(C)C. The van der Waals surface area contributed by atoms with Crippen LogP contribution in [0.3, 0.4) is 0 Å². The van der Waals surface area contributed by atoms with Crippen LogP contribution < -0.4 is 0 Å². The van der Waals surface area contributed by atoms with Crippen LogP contribution in [0.25, 0.3) is 0 Å². The molecular formula is C22H47ClO2Si2. The van der Waals surface area contributed by atoms with Crippen LogP contribution in [0.1, 0.15) is 73.6 Å². The topological polar surface area (TPSA) is 18.5 Å². The third kappa shape index (κ3) is 9.62. The Hall–Kier alpha value is 0.384. The highest BCUT2D eigenvalue weighted by Gasteiger charge is 2.42. The lowest BCUT2D eigenvalue weighted by Gasteiger charge is -2.42. The highest BCUT2D eigenvalue weighted by molar-refractivity contribution is 6.74. The standard InChI is InChI=1S/C22H47ClO2Si2/c1-12-13-14-15-16-17-19(23)20(25-27(10,11)22(5,6)7)18-24-26(8,9)21(2,3)4/h12,19-20H,1,13-18H2,2-11H3/t19-,20+/m0/s1. The Morgan fingerprint density at radius 1 is 0.889 bits per heavy atom. The van der Waals surface area contributed by atoms with E-state index in [1.807, 2.05) is 6.08 Å². The van der Waals surface area contributed by atoms with Gasteiger partial charge in [-0.1, -0.05) is 60.5 Å². The molecule has 0 N–H and O–H groups in total. The van der Waals surface area contributed by atoms with Crippen molar-refractivity contribution in [1.29, 1.82) is 0 Å². The average Bonchev–Trinajstić information content (AvgIpc) is 2.48. The van der Waals surface area contributed by atoms with Crippen molar-refractivity contribution in [3.63, 3.8) is 0 Å². The first-order chi connectivity index (χ1) is 12.0. The molecule has 0 heterocycles. The Balaban J connectivity index is 5.07. The molecule has 2 atom stereocenters. The Morgan fingerprint density at radius 3 is 1.85 bits per heavy atom. The molecule has 0 aromatic carbocycles. The fourth-order valence-corrected chi connectivity index (χ4v) is 4.99. The molecule has 162 valence electrons. The van der Waals surface area contributed by atoms with Crippen LogP contribution in [0, 0.1) is 0 Å². The van der Waals surface area contributed by atoms with Gasteiger partial charge in [0.25, 0.3) is 0 Å². The maximum Gasteiger partial charge on any atom is 0.192 e. The second-order valence-electron chi connectivity index (χ2n) is 10.9. The predicted octanol–water partition coefficient (Wildman–Crippen LogP) is 8.14. The van der Waals surface area contributed by atoms with Crippen LogP contribution in [-0.4, -0.2) is 34.7 Å². The lowest BCUT2D eigenvalue weighted by Crippen LogP contribution is -2.50. The monoisotopic (exact) mass is 434 g/mol. The summed E-state index contributed by atoms with van der Waals surface area (Å²) in [6.45, 7) is 27.3. The summed E-state index contributed by atoms with van der Waals surface area (Å²) in [7, 11) is -3.71. The van der Waals surface area contributed by atoms with Crippen molar-refractivity contribution in [3.8, 4) is 0 Å². The van der Waals surface area contributed by atoms with Gasteiger partial charge in [-0.3, -0.25) is 0 Å². The summed E-state index contributed by atoms with van der Waals surface area (Å²) < 4.78 is 13.3. The summed E-state index contributed by atoms with van der Waals surface area (Å²) in [6.07, 6.45) is 7.58. The van der Waals surface area contributed by atoms with Gasteiger partial charge in [-0.15, -0.1) is 18.2 Å². The first kappa shape index (κ1) is 27.4. The zero-order valence-corrected chi connectivity index (χ0v) is 22.6. The lowest BCUT2D eigenvalue weighted by atomic mass is 10.1. The minimum absolute atomic E-state index is 0.00706. The number of alkyl halides is 1. The quantitative estimate of drug-likeness (QED) is 0.133. The van der Waals surface area contributed by atoms with Crippen molar-refractivity contribution < 1.29 is 8.85 Å². The fourth-order valence-electron chi connectivity index (χ4n) is 2.27. The van der Waals surface area contributed by atoms with Crippen LogP contribution in [0.15, 0.2) is 12.7 Å². The molecule has 0 aliphatic rings. The molecule has 0 aliphatic heterocycles. The number of hydrogen-bond donors (Lipinski definition) is 0. The molecule has 0 rings (SSSR count). The highest BCUT2D eigenvalue weighted by Crippen LogP contribution is 2.40. The van der Waals surface area contributed by atoms with Crippen molar-refractivity contribution >= 4 is 28.2 Å². The number of hydrogen-bond acceptors (Lipinski definition) is 2. The third-order valence-corrected chi connectivity index (χ3v) is 16.0. The van der Waals surface area contributed by atoms with E-state index >= 15 is 0 Å². The molecule has 0 spiro atoms. The molecule has 0 aromatic rings. The number of rotatable bonds is 12. The van der Waals surface area contributed by atoms with Gasteiger partial charge in [0, 0.05) is 0 Å². The minimum atomic E-state index is -1.90. The number of allylic oxidation sites excluding steroid dienone is 1. The van der Waals surface area contributed by atoms with Gasteiger partial charge in [0.1, 0.15) is 0 Å². The van der Waals surface area contributed by atoms with Gasteiger partial charge >= 0.3 is 0 Å². The largest absolute Gasteiger partial charge is 0.414 e. The summed E-state index contributed by atoms with van der Waals surface area (Å²) in [5.74, 6) is 0. The third-order valence-electron chi connectivity index (χ3n) is 6.46. The first-order valence-electron chi connectivity index (χ1n) is 10.6. The van der Waals surface area contributed by atoms with E-state index < -0.39 is 16.6 Å². The molecule has 0 unspecified atom stereocenters. The summed E-state index contributed by atoms with van der Waals surface area (Å²) in [5, 5.41) is 0.372. The van der Waals surface area contributed by atoms with E-state index in [2.05, 4.69) is 74.3 Å². The Labute approximate surface area is 177 Å². The van der Waals surface area contributed by atoms with Crippen molar-refractivity contribution in [1.82, 2.24) is 0 Å². The van der Waals surface area contributed by atoms with E-state index in [1.165, 1.54) is 12.8 Å². The van der Waals surface area contributed by atoms with Crippen LogP contribution in [0.4, 0.5) is 0 Å². The van der Waals surface area contributed by atoms with E-state index in [4.69, 9.17) is 20.5 Å². The van der Waals surface area contributed by atoms with E-state index in [1.54, 1.807) is 0 Å². The first-order valence-corrected chi connectivity index (χ1v) is 16.9. The maximum absolute atomic E-state index is 6.87. The molecule has 0 saturated heterocycles. The molecule has 0 radical (unpaired) electrons. The molecular weight excluding hydrogens is 388 g/mol. The van der Waals surface area contributed by atoms with E-state index in [9.17, 15) is 0 Å². The molecule has 0 amide bonds. The van der Waals surface area contributed by atoms with Gasteiger partial charge in [0.2, 0.25) is 0 Å². The molecule has 0 bridgehead atoms. The molecule has 0 aliphatic carbocycles. The summed E-state index contributed by atoms with van der Waals surface area (Å²) in [6, 6.07) is 0. The lowest BCUT2D eigenvalue weighted by molar-refractivity contribution is 0.101. The second-order valence-corrected chi connectivity index (χ2v) is 21.1. The Morgan fingerprint density at radius 2 is 1.41 bits per heavy atom. The van der Waals surface area contributed by atoms with Gasteiger partial charge in [-0.25, -0.2) is 0 Å². The molecule has 27 heavy (non-hydrogen) atoms. The van der Waals surface area contributed by atoms with E-state index in [-0.39, 0.29) is 21.6 Å². The maximum atomic E-state index is 6.87. The zero-order valence-electron chi connectivity index (χ0n) is 19.9. The molecule has 0 fully saturated rings. The highest BCUT2D eigenvalue weighted by atomic mass is 35.5. The zero-order chi connectivity index (χ0) is 21.5. The predicted molar refractivity (Wildman–Crippen MR) is 128 cm³/mol. The Kier molecular flexibility index (Phi) is 11.1. The second kappa shape index (κ2) is 11.0. The van der Waals surface area contributed by atoms with Crippen molar-refractivity contribution in [2.24, 2.45) is 0 Å². The van der Waals surface area contributed by atoms with Crippen molar-refractivity contribution in [2.75, 3.05) is 6.61 Å². The fraction of sp³-hybridized carbons (Fsp3) is 0.909. The van der Waals surface area contributed by atoms with Crippen molar-refractivity contribution in [2.45, 2.75) is 121 Å².